The number of aromatic nitrogens is 4. The highest BCUT2D eigenvalue weighted by molar-refractivity contribution is 6.30. The third-order valence-electron chi connectivity index (χ3n) is 6.16. The van der Waals surface area contributed by atoms with Gasteiger partial charge in [-0.25, -0.2) is 9.98 Å². The van der Waals surface area contributed by atoms with Crippen LogP contribution in [0.4, 0.5) is 11.5 Å². The first kappa shape index (κ1) is 19.7. The molecule has 9 nitrogen and oxygen atoms in total. The van der Waals surface area contributed by atoms with Crippen LogP contribution in [0.15, 0.2) is 40.1 Å². The van der Waals surface area contributed by atoms with E-state index < -0.39 is 0 Å². The van der Waals surface area contributed by atoms with Crippen molar-refractivity contribution >= 4 is 35.7 Å². The topological polar surface area (TPSA) is 92.7 Å². The lowest BCUT2D eigenvalue weighted by molar-refractivity contribution is 0.0761. The number of rotatable bonds is 6. The number of aliphatic imine (C=N–C) groups is 1. The lowest BCUT2D eigenvalue weighted by atomic mass is 10.2. The molecule has 2 fully saturated rings. The van der Waals surface area contributed by atoms with Crippen molar-refractivity contribution in [1.82, 2.24) is 24.6 Å². The molecule has 31 heavy (non-hydrogen) atoms. The molecule has 3 heterocycles. The van der Waals surface area contributed by atoms with Crippen molar-refractivity contribution in [3.63, 3.8) is 0 Å². The van der Waals surface area contributed by atoms with E-state index in [0.29, 0.717) is 35.2 Å². The Morgan fingerprint density at radius 3 is 2.71 bits per heavy atom. The molecule has 2 aliphatic rings. The van der Waals surface area contributed by atoms with E-state index in [1.54, 1.807) is 18.7 Å². The van der Waals surface area contributed by atoms with Gasteiger partial charge in [-0.1, -0.05) is 16.8 Å². The van der Waals surface area contributed by atoms with Crippen LogP contribution in [0.3, 0.4) is 0 Å². The average molecular weight is 440 g/mol. The molecule has 2 atom stereocenters. The number of aryl methyl sites for hydroxylation is 1. The standard InChI is InChI=1S/C21H22ClN7O2/c1-23-20-18(28(3)11-24-20)21(30)27(2)10-16-25-19(26-31-16)17-14-8-29(9-15(14)17)13-6-4-12(22)5-7-13/h4-7,11,14-15,17H,1,8-10H2,2-3H3. The molecule has 1 aliphatic carbocycles. The maximum absolute atomic E-state index is 12.8. The lowest BCUT2D eigenvalue weighted by Gasteiger charge is -2.21. The Bertz CT molecular complexity index is 1130. The molecule has 1 aromatic carbocycles. The average Bonchev–Trinajstić information content (AvgIpc) is 3.18. The molecule has 1 amide bonds. The van der Waals surface area contributed by atoms with Crippen LogP contribution < -0.4 is 4.90 Å². The Balaban J connectivity index is 1.21. The summed E-state index contributed by atoms with van der Waals surface area (Å²) >= 11 is 5.99. The molecule has 10 heteroatoms. The van der Waals surface area contributed by atoms with Crippen LogP contribution in [0.25, 0.3) is 0 Å². The van der Waals surface area contributed by atoms with Crippen molar-refractivity contribution in [1.29, 1.82) is 0 Å². The Labute approximate surface area is 184 Å². The summed E-state index contributed by atoms with van der Waals surface area (Å²) in [7, 11) is 3.43. The summed E-state index contributed by atoms with van der Waals surface area (Å²) in [4.78, 5) is 29.1. The second kappa shape index (κ2) is 7.49. The van der Waals surface area contributed by atoms with Gasteiger partial charge < -0.3 is 18.9 Å². The fraction of sp³-hybridized carbons (Fsp3) is 0.381. The highest BCUT2D eigenvalue weighted by Crippen LogP contribution is 2.57. The van der Waals surface area contributed by atoms with E-state index in [0.717, 1.165) is 23.9 Å². The number of anilines is 1. The number of amides is 1. The van der Waals surface area contributed by atoms with E-state index in [4.69, 9.17) is 16.1 Å². The molecular weight excluding hydrogens is 418 g/mol. The Kier molecular flexibility index (Phi) is 4.77. The van der Waals surface area contributed by atoms with Gasteiger partial charge in [0.1, 0.15) is 6.54 Å². The number of fused-ring (bicyclic) bond motifs is 1. The zero-order valence-corrected chi connectivity index (χ0v) is 18.0. The summed E-state index contributed by atoms with van der Waals surface area (Å²) in [6, 6.07) is 7.94. The van der Waals surface area contributed by atoms with Crippen LogP contribution in [-0.4, -0.2) is 57.4 Å². The van der Waals surface area contributed by atoms with Crippen LogP contribution in [0, 0.1) is 11.8 Å². The number of benzene rings is 1. The number of halogens is 1. The summed E-state index contributed by atoms with van der Waals surface area (Å²) in [6.45, 7) is 5.62. The van der Waals surface area contributed by atoms with Gasteiger partial charge in [0.2, 0.25) is 5.89 Å². The number of hydrogen-bond donors (Lipinski definition) is 0. The molecule has 3 aromatic rings. The van der Waals surface area contributed by atoms with Gasteiger partial charge in [-0.3, -0.25) is 4.79 Å². The predicted molar refractivity (Wildman–Crippen MR) is 116 cm³/mol. The Morgan fingerprint density at radius 1 is 1.32 bits per heavy atom. The maximum Gasteiger partial charge on any atom is 0.274 e. The zero-order chi connectivity index (χ0) is 21.7. The lowest BCUT2D eigenvalue weighted by Crippen LogP contribution is -2.28. The van der Waals surface area contributed by atoms with Crippen molar-refractivity contribution in [3.8, 4) is 0 Å². The third-order valence-corrected chi connectivity index (χ3v) is 6.41. The summed E-state index contributed by atoms with van der Waals surface area (Å²) in [5.74, 6) is 2.59. The Hall–Kier alpha value is -3.20. The monoisotopic (exact) mass is 439 g/mol. The second-order valence-corrected chi connectivity index (χ2v) is 8.56. The van der Waals surface area contributed by atoms with Gasteiger partial charge in [-0.2, -0.15) is 4.98 Å². The molecule has 0 spiro atoms. The first-order valence-electron chi connectivity index (χ1n) is 10.0. The number of hydrogen-bond acceptors (Lipinski definition) is 7. The van der Waals surface area contributed by atoms with Crippen LogP contribution in [0.2, 0.25) is 5.02 Å². The molecule has 2 unspecified atom stereocenters. The van der Waals surface area contributed by atoms with E-state index in [2.05, 4.69) is 43.9 Å². The molecule has 0 N–H and O–H groups in total. The minimum atomic E-state index is -0.232. The Morgan fingerprint density at radius 2 is 2.03 bits per heavy atom. The van der Waals surface area contributed by atoms with Crippen molar-refractivity contribution in [3.05, 3.63) is 53.0 Å². The summed E-state index contributed by atoms with van der Waals surface area (Å²) < 4.78 is 7.06. The highest BCUT2D eigenvalue weighted by Gasteiger charge is 2.58. The highest BCUT2D eigenvalue weighted by atomic mass is 35.5. The van der Waals surface area contributed by atoms with Crippen molar-refractivity contribution in [2.24, 2.45) is 23.9 Å². The molecule has 0 radical (unpaired) electrons. The molecule has 5 rings (SSSR count). The zero-order valence-electron chi connectivity index (χ0n) is 17.3. The van der Waals surface area contributed by atoms with Gasteiger partial charge in [-0.05, 0) is 42.8 Å². The van der Waals surface area contributed by atoms with Crippen molar-refractivity contribution < 1.29 is 9.32 Å². The minimum Gasteiger partial charge on any atom is -0.371 e. The van der Waals surface area contributed by atoms with E-state index in [-0.39, 0.29) is 12.5 Å². The van der Waals surface area contributed by atoms with Crippen LogP contribution >= 0.6 is 11.6 Å². The SMILES string of the molecule is C=Nc1ncn(C)c1C(=O)N(C)Cc1nc(C2C3CN(c4ccc(Cl)cc4)CC32)no1. The molecule has 1 saturated carbocycles. The van der Waals surface area contributed by atoms with Gasteiger partial charge in [0, 0.05) is 43.8 Å². The quantitative estimate of drug-likeness (QED) is 0.548. The number of carbonyl (C=O) groups is 1. The first-order valence-corrected chi connectivity index (χ1v) is 10.4. The van der Waals surface area contributed by atoms with Gasteiger partial charge in [0.05, 0.1) is 6.33 Å². The van der Waals surface area contributed by atoms with Gasteiger partial charge in [0.25, 0.3) is 5.91 Å². The predicted octanol–water partition coefficient (Wildman–Crippen LogP) is 2.91. The van der Waals surface area contributed by atoms with Gasteiger partial charge in [0.15, 0.2) is 17.3 Å². The number of piperidine rings is 1. The molecule has 0 bridgehead atoms. The van der Waals surface area contributed by atoms with Crippen molar-refractivity contribution in [2.75, 3.05) is 25.0 Å². The van der Waals surface area contributed by atoms with E-state index >= 15 is 0 Å². The molecule has 1 saturated heterocycles. The number of carbonyl (C=O) groups excluding carboxylic acids is 1. The largest absolute Gasteiger partial charge is 0.371 e. The number of nitrogens with zero attached hydrogens (tertiary/aromatic N) is 7. The minimum absolute atomic E-state index is 0.215. The van der Waals surface area contributed by atoms with Crippen molar-refractivity contribution in [2.45, 2.75) is 12.5 Å². The number of imidazole rings is 1. The summed E-state index contributed by atoms with van der Waals surface area (Å²) in [6.07, 6.45) is 1.54. The van der Waals surface area contributed by atoms with E-state index in [9.17, 15) is 4.79 Å². The normalized spacial score (nSPS) is 21.8. The third kappa shape index (κ3) is 3.48. The van der Waals surface area contributed by atoms with Crippen LogP contribution in [0.5, 0.6) is 0 Å². The van der Waals surface area contributed by atoms with E-state index in [1.807, 2.05) is 12.1 Å². The van der Waals surface area contributed by atoms with Gasteiger partial charge in [-0.15, -0.1) is 0 Å². The first-order chi connectivity index (χ1) is 15.0. The van der Waals surface area contributed by atoms with Crippen LogP contribution in [0.1, 0.15) is 28.1 Å². The van der Waals surface area contributed by atoms with Crippen LogP contribution in [-0.2, 0) is 13.6 Å². The summed E-state index contributed by atoms with van der Waals surface area (Å²) in [5, 5.41) is 4.93. The molecule has 2 aromatic heterocycles. The molecule has 1 aliphatic heterocycles. The smallest absolute Gasteiger partial charge is 0.274 e. The maximum atomic E-state index is 12.8. The summed E-state index contributed by atoms with van der Waals surface area (Å²) in [5.41, 5.74) is 1.56. The second-order valence-electron chi connectivity index (χ2n) is 8.13. The molecular formula is C21H22ClN7O2. The van der Waals surface area contributed by atoms with E-state index in [1.165, 1.54) is 16.9 Å². The fourth-order valence-corrected chi connectivity index (χ4v) is 4.60. The fourth-order valence-electron chi connectivity index (χ4n) is 4.48. The molecule has 160 valence electrons. The van der Waals surface area contributed by atoms with Gasteiger partial charge >= 0.3 is 0 Å².